The van der Waals surface area contributed by atoms with E-state index in [-0.39, 0.29) is 18.7 Å². The lowest BCUT2D eigenvalue weighted by Gasteiger charge is -2.21. The predicted molar refractivity (Wildman–Crippen MR) is 81.9 cm³/mol. The van der Waals surface area contributed by atoms with Gasteiger partial charge in [-0.15, -0.1) is 0 Å². The highest BCUT2D eigenvalue weighted by molar-refractivity contribution is 7.89. The van der Waals surface area contributed by atoms with Crippen molar-refractivity contribution in [3.63, 3.8) is 0 Å². The van der Waals surface area contributed by atoms with Gasteiger partial charge in [0.15, 0.2) is 0 Å². The molecule has 9 heteroatoms. The smallest absolute Gasteiger partial charge is 0.416 e. The van der Waals surface area contributed by atoms with Crippen LogP contribution < -0.4 is 0 Å². The lowest BCUT2D eigenvalue weighted by atomic mass is 10.1. The summed E-state index contributed by atoms with van der Waals surface area (Å²) in [5, 5.41) is 0. The van der Waals surface area contributed by atoms with E-state index >= 15 is 0 Å². The van der Waals surface area contributed by atoms with Gasteiger partial charge in [-0.3, -0.25) is 4.79 Å². The summed E-state index contributed by atoms with van der Waals surface area (Å²) in [7, 11) is -4.24. The Kier molecular flexibility index (Phi) is 6.79. The van der Waals surface area contributed by atoms with Gasteiger partial charge in [-0.05, 0) is 38.0 Å². The van der Waals surface area contributed by atoms with Gasteiger partial charge < -0.3 is 4.74 Å². The van der Waals surface area contributed by atoms with Crippen LogP contribution in [0.3, 0.4) is 0 Å². The van der Waals surface area contributed by atoms with Gasteiger partial charge in [-0.2, -0.15) is 17.5 Å². The molecule has 0 aliphatic carbocycles. The summed E-state index contributed by atoms with van der Waals surface area (Å²) in [5.74, 6) is -0.752. The van der Waals surface area contributed by atoms with Gasteiger partial charge in [0.25, 0.3) is 0 Å². The maximum Gasteiger partial charge on any atom is 0.416 e. The topological polar surface area (TPSA) is 63.7 Å². The van der Waals surface area contributed by atoms with E-state index < -0.39 is 39.2 Å². The first-order valence-electron chi connectivity index (χ1n) is 7.37. The van der Waals surface area contributed by atoms with E-state index in [9.17, 15) is 26.4 Å². The maximum atomic E-state index is 13.0. The van der Waals surface area contributed by atoms with E-state index in [2.05, 4.69) is 0 Å². The van der Waals surface area contributed by atoms with Crippen molar-refractivity contribution in [2.75, 3.05) is 19.7 Å². The summed E-state index contributed by atoms with van der Waals surface area (Å²) in [5.41, 5.74) is -1.09. The Bertz CT molecular complexity index is 686. The van der Waals surface area contributed by atoms with Crippen LogP contribution in [0.25, 0.3) is 0 Å². The lowest BCUT2D eigenvalue weighted by molar-refractivity contribution is -0.143. The fraction of sp³-hybridized carbons (Fsp3) is 0.533. The minimum Gasteiger partial charge on any atom is -0.465 e. The van der Waals surface area contributed by atoms with E-state index in [0.717, 1.165) is 16.4 Å². The molecular weight excluding hydrogens is 347 g/mol. The second-order valence-corrected chi connectivity index (χ2v) is 7.06. The normalized spacial score (nSPS) is 12.5. The highest BCUT2D eigenvalue weighted by Gasteiger charge is 2.35. The van der Waals surface area contributed by atoms with Crippen LogP contribution in [0, 0.1) is 6.92 Å². The van der Waals surface area contributed by atoms with Crippen LogP contribution >= 0.6 is 0 Å². The Labute approximate surface area is 139 Å². The molecule has 0 saturated carbocycles. The third kappa shape index (κ3) is 4.94. The summed E-state index contributed by atoms with van der Waals surface area (Å²) in [6, 6.07) is 2.80. The van der Waals surface area contributed by atoms with Gasteiger partial charge in [0.2, 0.25) is 10.0 Å². The Morgan fingerprint density at radius 1 is 1.25 bits per heavy atom. The number of nitrogens with zero attached hydrogens (tertiary/aromatic N) is 1. The molecule has 136 valence electrons. The van der Waals surface area contributed by atoms with E-state index in [0.29, 0.717) is 12.5 Å². The SMILES string of the molecule is CCCN(CC(=O)OCC)S(=O)(=O)c1ccc(C)c(C(F)(F)F)c1. The summed E-state index contributed by atoms with van der Waals surface area (Å²) in [4.78, 5) is 11.1. The Morgan fingerprint density at radius 2 is 1.88 bits per heavy atom. The minimum absolute atomic E-state index is 0.00360. The first-order chi connectivity index (χ1) is 11.0. The third-order valence-electron chi connectivity index (χ3n) is 3.24. The summed E-state index contributed by atoms with van der Waals surface area (Å²) in [6.45, 7) is 4.06. The summed E-state index contributed by atoms with van der Waals surface area (Å²) < 4.78 is 69.7. The van der Waals surface area contributed by atoms with Gasteiger partial charge in [-0.25, -0.2) is 8.42 Å². The number of alkyl halides is 3. The van der Waals surface area contributed by atoms with Gasteiger partial charge in [0.05, 0.1) is 17.1 Å². The van der Waals surface area contributed by atoms with E-state index in [1.165, 1.54) is 6.92 Å². The maximum absolute atomic E-state index is 13.0. The van der Waals surface area contributed by atoms with Crippen molar-refractivity contribution >= 4 is 16.0 Å². The molecule has 0 saturated heterocycles. The van der Waals surface area contributed by atoms with Gasteiger partial charge in [-0.1, -0.05) is 13.0 Å². The molecule has 0 unspecified atom stereocenters. The van der Waals surface area contributed by atoms with Crippen LogP contribution in [0.1, 0.15) is 31.4 Å². The van der Waals surface area contributed by atoms with Crippen LogP contribution in [0.5, 0.6) is 0 Å². The number of halogens is 3. The first-order valence-corrected chi connectivity index (χ1v) is 8.81. The molecule has 1 rings (SSSR count). The molecule has 0 aliphatic heterocycles. The highest BCUT2D eigenvalue weighted by atomic mass is 32.2. The third-order valence-corrected chi connectivity index (χ3v) is 5.08. The number of carbonyl (C=O) groups is 1. The number of rotatable bonds is 7. The zero-order valence-corrected chi connectivity index (χ0v) is 14.5. The number of esters is 1. The highest BCUT2D eigenvalue weighted by Crippen LogP contribution is 2.33. The van der Waals surface area contributed by atoms with Crippen LogP contribution in [0.2, 0.25) is 0 Å². The van der Waals surface area contributed by atoms with Crippen molar-refractivity contribution in [1.82, 2.24) is 4.31 Å². The van der Waals surface area contributed by atoms with Crippen molar-refractivity contribution < 1.29 is 31.1 Å². The number of ether oxygens (including phenoxy) is 1. The van der Waals surface area contributed by atoms with Crippen LogP contribution in [0.4, 0.5) is 13.2 Å². The average Bonchev–Trinajstić information content (AvgIpc) is 2.46. The molecule has 0 spiro atoms. The molecule has 1 aromatic carbocycles. The van der Waals surface area contributed by atoms with Crippen molar-refractivity contribution in [3.05, 3.63) is 29.3 Å². The fourth-order valence-electron chi connectivity index (χ4n) is 2.10. The molecule has 0 aliphatic rings. The second-order valence-electron chi connectivity index (χ2n) is 5.12. The Morgan fingerprint density at radius 3 is 2.38 bits per heavy atom. The quantitative estimate of drug-likeness (QED) is 0.695. The molecule has 0 atom stereocenters. The Balaban J connectivity index is 3.27. The van der Waals surface area contributed by atoms with E-state index in [1.807, 2.05) is 0 Å². The zero-order chi connectivity index (χ0) is 18.5. The largest absolute Gasteiger partial charge is 0.465 e. The molecular formula is C15H20F3NO4S. The number of aryl methyl sites for hydroxylation is 1. The molecule has 0 bridgehead atoms. The fourth-order valence-corrected chi connectivity index (χ4v) is 3.60. The van der Waals surface area contributed by atoms with E-state index in [1.54, 1.807) is 13.8 Å². The second kappa shape index (κ2) is 7.98. The molecule has 0 fully saturated rings. The van der Waals surface area contributed by atoms with Gasteiger partial charge >= 0.3 is 12.1 Å². The van der Waals surface area contributed by atoms with E-state index in [4.69, 9.17) is 4.74 Å². The number of carbonyl (C=O) groups excluding carboxylic acids is 1. The molecule has 5 nitrogen and oxygen atoms in total. The van der Waals surface area contributed by atoms with Crippen LogP contribution in [-0.4, -0.2) is 38.4 Å². The minimum atomic E-state index is -4.66. The summed E-state index contributed by atoms with van der Waals surface area (Å²) in [6.07, 6.45) is -4.26. The van der Waals surface area contributed by atoms with Crippen LogP contribution in [-0.2, 0) is 25.7 Å². The molecule has 24 heavy (non-hydrogen) atoms. The van der Waals surface area contributed by atoms with Crippen molar-refractivity contribution in [1.29, 1.82) is 0 Å². The number of hydrogen-bond acceptors (Lipinski definition) is 4. The average molecular weight is 367 g/mol. The zero-order valence-electron chi connectivity index (χ0n) is 13.7. The Hall–Kier alpha value is -1.61. The number of benzene rings is 1. The van der Waals surface area contributed by atoms with Crippen molar-refractivity contribution in [2.45, 2.75) is 38.3 Å². The molecule has 0 aromatic heterocycles. The number of sulfonamides is 1. The van der Waals surface area contributed by atoms with Crippen molar-refractivity contribution in [3.8, 4) is 0 Å². The van der Waals surface area contributed by atoms with Crippen molar-refractivity contribution in [2.24, 2.45) is 0 Å². The van der Waals surface area contributed by atoms with Crippen LogP contribution in [0.15, 0.2) is 23.1 Å². The lowest BCUT2D eigenvalue weighted by Crippen LogP contribution is -2.37. The first kappa shape index (κ1) is 20.4. The molecule has 0 N–H and O–H groups in total. The predicted octanol–water partition coefficient (Wildman–Crippen LogP) is 2.98. The van der Waals surface area contributed by atoms with Gasteiger partial charge in [0.1, 0.15) is 6.54 Å². The summed E-state index contributed by atoms with van der Waals surface area (Å²) >= 11 is 0. The molecule has 1 aromatic rings. The van der Waals surface area contributed by atoms with Gasteiger partial charge in [0, 0.05) is 6.54 Å². The molecule has 0 amide bonds. The number of hydrogen-bond donors (Lipinski definition) is 0. The monoisotopic (exact) mass is 367 g/mol. The molecule has 0 heterocycles. The molecule has 0 radical (unpaired) electrons. The standard InChI is InChI=1S/C15H20F3NO4S/c1-4-8-19(10-14(20)23-5-2)24(21,22)12-7-6-11(3)13(9-12)15(16,17)18/h6-7,9H,4-5,8,10H2,1-3H3.